The number of hydrogen-bond donors (Lipinski definition) is 1. The van der Waals surface area contributed by atoms with Crippen molar-refractivity contribution in [3.8, 4) is 0 Å². The molecule has 0 amide bonds. The smallest absolute Gasteiger partial charge is 0.358 e. The van der Waals surface area contributed by atoms with Crippen molar-refractivity contribution in [3.05, 3.63) is 33.8 Å². The largest absolute Gasteiger partial charge is 0.476 e. The molecule has 2 aromatic heterocycles. The highest BCUT2D eigenvalue weighted by atomic mass is 32.1. The lowest BCUT2D eigenvalue weighted by Crippen LogP contribution is -2.48. The quantitative estimate of drug-likeness (QED) is 0.932. The second-order valence-corrected chi connectivity index (χ2v) is 6.09. The molecule has 1 aliphatic rings. The minimum atomic E-state index is -1.03. The molecule has 3 rings (SSSR count). The van der Waals surface area contributed by atoms with Crippen molar-refractivity contribution in [2.75, 3.05) is 13.1 Å². The Balaban J connectivity index is 1.63. The molecule has 0 spiro atoms. The van der Waals surface area contributed by atoms with Crippen LogP contribution in [0.5, 0.6) is 0 Å². The molecule has 106 valence electrons. The lowest BCUT2D eigenvalue weighted by atomic mass is 10.0. The van der Waals surface area contributed by atoms with Crippen LogP contribution in [0.25, 0.3) is 0 Å². The van der Waals surface area contributed by atoms with Gasteiger partial charge in [-0.15, -0.1) is 16.4 Å². The number of aryl methyl sites for hydroxylation is 1. The number of nitrogens with zero attached hydrogens (tertiary/aromatic N) is 4. The Morgan fingerprint density at radius 3 is 2.85 bits per heavy atom. The van der Waals surface area contributed by atoms with Gasteiger partial charge in [0.15, 0.2) is 5.69 Å². The van der Waals surface area contributed by atoms with E-state index in [0.717, 1.165) is 13.1 Å². The summed E-state index contributed by atoms with van der Waals surface area (Å²) in [5.41, 5.74) is 1.34. The molecule has 1 fully saturated rings. The maximum absolute atomic E-state index is 10.8. The van der Waals surface area contributed by atoms with E-state index in [1.54, 1.807) is 16.0 Å². The molecule has 6 nitrogen and oxygen atoms in total. The number of aromatic carboxylic acids is 1. The van der Waals surface area contributed by atoms with E-state index in [4.69, 9.17) is 5.11 Å². The summed E-state index contributed by atoms with van der Waals surface area (Å²) in [5, 5.41) is 18.5. The van der Waals surface area contributed by atoms with E-state index >= 15 is 0 Å². The Kier molecular flexibility index (Phi) is 3.31. The number of carbonyl (C=O) groups is 1. The Morgan fingerprint density at radius 1 is 1.55 bits per heavy atom. The molecule has 2 aromatic rings. The van der Waals surface area contributed by atoms with Gasteiger partial charge in [0.2, 0.25) is 0 Å². The summed E-state index contributed by atoms with van der Waals surface area (Å²) in [4.78, 5) is 14.5. The number of aromatic nitrogens is 3. The molecular formula is C13H16N4O2S. The van der Waals surface area contributed by atoms with E-state index in [-0.39, 0.29) is 11.7 Å². The minimum Gasteiger partial charge on any atom is -0.476 e. The molecular weight excluding hydrogens is 276 g/mol. The highest BCUT2D eigenvalue weighted by Crippen LogP contribution is 2.34. The standard InChI is InChI=1S/C13H16N4O2S/c1-8-3-4-20-12(8)9(2)16-5-10(6-16)17-7-11(13(18)19)14-15-17/h3-4,7,9-10H,5-6H2,1-2H3,(H,18,19). The van der Waals surface area contributed by atoms with E-state index in [1.165, 1.54) is 16.6 Å². The Bertz CT molecular complexity index is 630. The molecule has 3 heterocycles. The van der Waals surface area contributed by atoms with E-state index in [2.05, 4.69) is 40.5 Å². The van der Waals surface area contributed by atoms with Gasteiger partial charge in [-0.05, 0) is 30.9 Å². The van der Waals surface area contributed by atoms with E-state index < -0.39 is 5.97 Å². The van der Waals surface area contributed by atoms with Gasteiger partial charge in [0, 0.05) is 24.0 Å². The van der Waals surface area contributed by atoms with Gasteiger partial charge in [-0.3, -0.25) is 4.90 Å². The normalized spacial score (nSPS) is 17.9. The number of rotatable bonds is 4. The SMILES string of the molecule is Cc1ccsc1C(C)N1CC(n2cc(C(=O)O)nn2)C1. The zero-order valence-electron chi connectivity index (χ0n) is 11.4. The predicted molar refractivity (Wildman–Crippen MR) is 75.1 cm³/mol. The molecule has 0 saturated carbocycles. The fraction of sp³-hybridized carbons (Fsp3) is 0.462. The topological polar surface area (TPSA) is 71.2 Å². The van der Waals surface area contributed by atoms with Crippen molar-refractivity contribution in [3.63, 3.8) is 0 Å². The number of hydrogen-bond acceptors (Lipinski definition) is 5. The zero-order valence-corrected chi connectivity index (χ0v) is 12.2. The van der Waals surface area contributed by atoms with Crippen LogP contribution in [0.1, 0.15) is 39.9 Å². The average molecular weight is 292 g/mol. The second-order valence-electron chi connectivity index (χ2n) is 5.14. The zero-order chi connectivity index (χ0) is 14.3. The van der Waals surface area contributed by atoms with Crippen molar-refractivity contribution in [2.45, 2.75) is 25.9 Å². The lowest BCUT2D eigenvalue weighted by molar-refractivity contribution is 0.0597. The maximum atomic E-state index is 10.8. The monoisotopic (exact) mass is 292 g/mol. The number of carboxylic acids is 1. The van der Waals surface area contributed by atoms with E-state index in [0.29, 0.717) is 6.04 Å². The van der Waals surface area contributed by atoms with Crippen LogP contribution >= 0.6 is 11.3 Å². The van der Waals surface area contributed by atoms with Crippen molar-refractivity contribution in [1.82, 2.24) is 19.9 Å². The first kappa shape index (κ1) is 13.3. The first-order valence-electron chi connectivity index (χ1n) is 6.49. The van der Waals surface area contributed by atoms with E-state index in [1.807, 2.05) is 0 Å². The van der Waals surface area contributed by atoms with E-state index in [9.17, 15) is 4.79 Å². The first-order valence-corrected chi connectivity index (χ1v) is 7.37. The summed E-state index contributed by atoms with van der Waals surface area (Å²) in [6.45, 7) is 6.09. The van der Waals surface area contributed by atoms with Gasteiger partial charge < -0.3 is 5.11 Å². The van der Waals surface area contributed by atoms with Crippen molar-refractivity contribution >= 4 is 17.3 Å². The third kappa shape index (κ3) is 2.23. The van der Waals surface area contributed by atoms with Gasteiger partial charge in [0.25, 0.3) is 0 Å². The minimum absolute atomic E-state index is 0.00518. The van der Waals surface area contributed by atoms with Crippen LogP contribution in [-0.4, -0.2) is 44.1 Å². The fourth-order valence-electron chi connectivity index (χ4n) is 2.50. The third-order valence-electron chi connectivity index (χ3n) is 3.82. The van der Waals surface area contributed by atoms with Crippen LogP contribution < -0.4 is 0 Å². The van der Waals surface area contributed by atoms with Crippen molar-refractivity contribution in [1.29, 1.82) is 0 Å². The van der Waals surface area contributed by atoms with Crippen LogP contribution in [0.4, 0.5) is 0 Å². The Hall–Kier alpha value is -1.73. The molecule has 20 heavy (non-hydrogen) atoms. The van der Waals surface area contributed by atoms with Crippen molar-refractivity contribution in [2.24, 2.45) is 0 Å². The highest BCUT2D eigenvalue weighted by Gasteiger charge is 2.34. The maximum Gasteiger partial charge on any atom is 0.358 e. The van der Waals surface area contributed by atoms with Crippen LogP contribution in [0.15, 0.2) is 17.6 Å². The average Bonchev–Trinajstić information content (AvgIpc) is 2.95. The fourth-order valence-corrected chi connectivity index (χ4v) is 3.52. The summed E-state index contributed by atoms with van der Waals surface area (Å²) >= 11 is 1.79. The number of carboxylic acid groups (broad SMARTS) is 1. The summed E-state index contributed by atoms with van der Waals surface area (Å²) < 4.78 is 1.66. The van der Waals surface area contributed by atoms with Gasteiger partial charge in [-0.25, -0.2) is 9.48 Å². The van der Waals surface area contributed by atoms with Crippen LogP contribution in [-0.2, 0) is 0 Å². The molecule has 0 radical (unpaired) electrons. The second kappa shape index (κ2) is 4.99. The molecule has 1 atom stereocenters. The Morgan fingerprint density at radius 2 is 2.30 bits per heavy atom. The van der Waals surface area contributed by atoms with Gasteiger partial charge in [-0.1, -0.05) is 5.21 Å². The molecule has 1 N–H and O–H groups in total. The number of likely N-dealkylation sites (tertiary alicyclic amines) is 1. The highest BCUT2D eigenvalue weighted by molar-refractivity contribution is 7.10. The molecule has 0 aliphatic carbocycles. The molecule has 7 heteroatoms. The molecule has 0 bridgehead atoms. The summed E-state index contributed by atoms with van der Waals surface area (Å²) in [5.74, 6) is -1.03. The molecule has 1 aliphatic heterocycles. The van der Waals surface area contributed by atoms with Crippen LogP contribution in [0.2, 0.25) is 0 Å². The summed E-state index contributed by atoms with van der Waals surface area (Å²) in [7, 11) is 0. The molecule has 0 aromatic carbocycles. The predicted octanol–water partition coefficient (Wildman–Crippen LogP) is 1.96. The number of thiophene rings is 1. The van der Waals surface area contributed by atoms with Gasteiger partial charge in [-0.2, -0.15) is 0 Å². The van der Waals surface area contributed by atoms with Crippen LogP contribution in [0.3, 0.4) is 0 Å². The Labute approximate surface area is 120 Å². The van der Waals surface area contributed by atoms with Gasteiger partial charge in [0.05, 0.1) is 12.2 Å². The van der Waals surface area contributed by atoms with Gasteiger partial charge >= 0.3 is 5.97 Å². The first-order chi connectivity index (χ1) is 9.56. The summed E-state index contributed by atoms with van der Waals surface area (Å²) in [6, 6.07) is 2.76. The van der Waals surface area contributed by atoms with Crippen LogP contribution in [0, 0.1) is 6.92 Å². The summed E-state index contributed by atoms with van der Waals surface area (Å²) in [6.07, 6.45) is 1.51. The molecule has 1 saturated heterocycles. The lowest BCUT2D eigenvalue weighted by Gasteiger charge is -2.42. The van der Waals surface area contributed by atoms with Crippen molar-refractivity contribution < 1.29 is 9.90 Å². The third-order valence-corrected chi connectivity index (χ3v) is 5.01. The van der Waals surface area contributed by atoms with Gasteiger partial charge in [0.1, 0.15) is 0 Å². The molecule has 1 unspecified atom stereocenters.